The number of para-hydroxylation sites is 2. The molecule has 0 atom stereocenters. The highest BCUT2D eigenvalue weighted by molar-refractivity contribution is 6.35. The van der Waals surface area contributed by atoms with E-state index in [4.69, 9.17) is 33.2 Å². The molecule has 0 amide bonds. The van der Waals surface area contributed by atoms with Gasteiger partial charge in [-0.1, -0.05) is 65.2 Å². The van der Waals surface area contributed by atoms with E-state index < -0.39 is 0 Å². The minimum absolute atomic E-state index is 0.188. The summed E-state index contributed by atoms with van der Waals surface area (Å²) in [5, 5.41) is 1.34. The highest BCUT2D eigenvalue weighted by atomic mass is 35.5. The van der Waals surface area contributed by atoms with Gasteiger partial charge in [0.05, 0.1) is 23.3 Å². The maximum absolute atomic E-state index is 13.7. The fourth-order valence-corrected chi connectivity index (χ4v) is 4.70. The molecule has 0 saturated carbocycles. The highest BCUT2D eigenvalue weighted by Crippen LogP contribution is 2.30. The third kappa shape index (κ3) is 3.43. The molecule has 0 aliphatic carbocycles. The zero-order chi connectivity index (χ0) is 23.4. The van der Waals surface area contributed by atoms with Crippen molar-refractivity contribution < 1.29 is 0 Å². The van der Waals surface area contributed by atoms with Crippen molar-refractivity contribution in [1.82, 2.24) is 24.1 Å². The van der Waals surface area contributed by atoms with E-state index in [1.165, 1.54) is 0 Å². The molecule has 34 heavy (non-hydrogen) atoms. The number of aromatic nitrogens is 5. The van der Waals surface area contributed by atoms with Gasteiger partial charge in [0.2, 0.25) is 0 Å². The van der Waals surface area contributed by atoms with Gasteiger partial charge in [-0.2, -0.15) is 0 Å². The molecule has 0 fully saturated rings. The lowest BCUT2D eigenvalue weighted by molar-refractivity contribution is 0.746. The van der Waals surface area contributed by atoms with E-state index in [-0.39, 0.29) is 5.56 Å². The molecule has 3 heterocycles. The summed E-state index contributed by atoms with van der Waals surface area (Å²) in [7, 11) is 0. The molecule has 166 valence electrons. The summed E-state index contributed by atoms with van der Waals surface area (Å²) in [4.78, 5) is 28.1. The molecule has 6 nitrogen and oxygen atoms in total. The van der Waals surface area contributed by atoms with Crippen LogP contribution in [0.2, 0.25) is 10.0 Å². The zero-order valence-electron chi connectivity index (χ0n) is 18.0. The third-order valence-electron chi connectivity index (χ3n) is 5.81. The molecule has 0 aliphatic heterocycles. The van der Waals surface area contributed by atoms with Crippen LogP contribution in [0.1, 0.15) is 11.1 Å². The molecule has 0 bridgehead atoms. The number of rotatable bonds is 3. The van der Waals surface area contributed by atoms with Gasteiger partial charge in [-0.05, 0) is 42.8 Å². The number of fused-ring (bicyclic) bond motifs is 4. The molecule has 6 rings (SSSR count). The second kappa shape index (κ2) is 7.94. The van der Waals surface area contributed by atoms with Crippen molar-refractivity contribution in [3.63, 3.8) is 0 Å². The Kier molecular flexibility index (Phi) is 4.86. The molecule has 6 aromatic rings. The van der Waals surface area contributed by atoms with Crippen LogP contribution in [-0.4, -0.2) is 24.1 Å². The average Bonchev–Trinajstić information content (AvgIpc) is 3.14. The Bertz CT molecular complexity index is 1770. The van der Waals surface area contributed by atoms with Gasteiger partial charge in [0.25, 0.3) is 5.56 Å². The standard InChI is InChI=1S/C26H17Cl2N5O/c1-15-6-8-16(9-7-15)13-32-14-29-24-22(26(32)34)23-25(31-21-5-3-2-4-20(21)30-23)33(24)19-11-17(27)10-18(28)12-19/h2-12,14H,13H2,1H3. The van der Waals surface area contributed by atoms with E-state index in [2.05, 4.69) is 4.98 Å². The third-order valence-corrected chi connectivity index (χ3v) is 6.25. The summed E-state index contributed by atoms with van der Waals surface area (Å²) < 4.78 is 3.39. The Hall–Kier alpha value is -3.74. The predicted octanol–water partition coefficient (Wildman–Crippen LogP) is 5.95. The number of aryl methyl sites for hydroxylation is 1. The van der Waals surface area contributed by atoms with Gasteiger partial charge in [-0.15, -0.1) is 0 Å². The van der Waals surface area contributed by atoms with Crippen molar-refractivity contribution in [2.45, 2.75) is 13.5 Å². The topological polar surface area (TPSA) is 65.6 Å². The monoisotopic (exact) mass is 485 g/mol. The fraction of sp³-hybridized carbons (Fsp3) is 0.0769. The van der Waals surface area contributed by atoms with Crippen LogP contribution in [-0.2, 0) is 6.54 Å². The molecule has 0 unspecified atom stereocenters. The predicted molar refractivity (Wildman–Crippen MR) is 136 cm³/mol. The first-order chi connectivity index (χ1) is 16.5. The Labute approximate surface area is 204 Å². The van der Waals surface area contributed by atoms with Crippen molar-refractivity contribution in [2.24, 2.45) is 0 Å². The van der Waals surface area contributed by atoms with Crippen LogP contribution in [0.3, 0.4) is 0 Å². The van der Waals surface area contributed by atoms with Gasteiger partial charge in [0.15, 0.2) is 11.3 Å². The van der Waals surface area contributed by atoms with Crippen LogP contribution >= 0.6 is 23.2 Å². The first kappa shape index (κ1) is 20.8. The van der Waals surface area contributed by atoms with Crippen LogP contribution in [0.5, 0.6) is 0 Å². The van der Waals surface area contributed by atoms with Gasteiger partial charge in [0, 0.05) is 10.0 Å². The van der Waals surface area contributed by atoms with Crippen molar-refractivity contribution in [3.8, 4) is 5.69 Å². The molecular weight excluding hydrogens is 469 g/mol. The minimum Gasteiger partial charge on any atom is -0.294 e. The van der Waals surface area contributed by atoms with Crippen molar-refractivity contribution in [3.05, 3.63) is 105 Å². The van der Waals surface area contributed by atoms with Crippen molar-refractivity contribution in [1.29, 1.82) is 0 Å². The van der Waals surface area contributed by atoms with Crippen LogP contribution in [0.4, 0.5) is 0 Å². The molecular formula is C26H17Cl2N5O. The first-order valence-corrected chi connectivity index (χ1v) is 11.4. The lowest BCUT2D eigenvalue weighted by Gasteiger charge is -2.09. The van der Waals surface area contributed by atoms with Crippen LogP contribution in [0, 0.1) is 6.92 Å². The fourth-order valence-electron chi connectivity index (χ4n) is 4.19. The molecule has 0 aliphatic rings. The Morgan fingerprint density at radius 2 is 1.53 bits per heavy atom. The largest absolute Gasteiger partial charge is 0.294 e. The highest BCUT2D eigenvalue weighted by Gasteiger charge is 2.21. The molecule has 3 aromatic carbocycles. The molecule has 0 radical (unpaired) electrons. The summed E-state index contributed by atoms with van der Waals surface area (Å²) in [6.07, 6.45) is 1.56. The second-order valence-electron chi connectivity index (χ2n) is 8.21. The summed E-state index contributed by atoms with van der Waals surface area (Å²) in [5.74, 6) is 0. The maximum atomic E-state index is 13.7. The summed E-state index contributed by atoms with van der Waals surface area (Å²) in [5.41, 5.74) is 5.51. The van der Waals surface area contributed by atoms with E-state index in [0.29, 0.717) is 55.5 Å². The van der Waals surface area contributed by atoms with Gasteiger partial charge < -0.3 is 0 Å². The molecule has 0 saturated heterocycles. The molecule has 0 N–H and O–H groups in total. The minimum atomic E-state index is -0.188. The van der Waals surface area contributed by atoms with Crippen LogP contribution < -0.4 is 5.56 Å². The van der Waals surface area contributed by atoms with E-state index in [9.17, 15) is 4.79 Å². The van der Waals surface area contributed by atoms with E-state index in [1.807, 2.05) is 55.5 Å². The lowest BCUT2D eigenvalue weighted by atomic mass is 10.1. The van der Waals surface area contributed by atoms with Gasteiger partial charge >= 0.3 is 0 Å². The zero-order valence-corrected chi connectivity index (χ0v) is 19.5. The van der Waals surface area contributed by atoms with E-state index >= 15 is 0 Å². The van der Waals surface area contributed by atoms with E-state index in [0.717, 1.165) is 11.1 Å². The lowest BCUT2D eigenvalue weighted by Crippen LogP contribution is -2.21. The van der Waals surface area contributed by atoms with Crippen molar-refractivity contribution >= 4 is 56.4 Å². The maximum Gasteiger partial charge on any atom is 0.265 e. The number of halogens is 2. The first-order valence-electron chi connectivity index (χ1n) is 10.7. The smallest absolute Gasteiger partial charge is 0.265 e. The summed E-state index contributed by atoms with van der Waals surface area (Å²) in [6.45, 7) is 2.43. The molecule has 8 heteroatoms. The average molecular weight is 486 g/mol. The van der Waals surface area contributed by atoms with Gasteiger partial charge in [-0.3, -0.25) is 13.9 Å². The van der Waals surface area contributed by atoms with Gasteiger partial charge in [0.1, 0.15) is 17.2 Å². The normalized spacial score (nSPS) is 11.6. The summed E-state index contributed by atoms with van der Waals surface area (Å²) >= 11 is 12.6. The number of nitrogens with zero attached hydrogens (tertiary/aromatic N) is 5. The van der Waals surface area contributed by atoms with Crippen molar-refractivity contribution in [2.75, 3.05) is 0 Å². The number of hydrogen-bond acceptors (Lipinski definition) is 4. The Morgan fingerprint density at radius 3 is 2.24 bits per heavy atom. The SMILES string of the molecule is Cc1ccc(Cn2cnc3c(c2=O)c2nc4ccccc4nc2n3-c2cc(Cl)cc(Cl)c2)cc1. The Balaban J connectivity index is 1.68. The van der Waals surface area contributed by atoms with Crippen LogP contribution in [0.15, 0.2) is 77.9 Å². The quantitative estimate of drug-likeness (QED) is 0.310. The second-order valence-corrected chi connectivity index (χ2v) is 9.08. The van der Waals surface area contributed by atoms with Crippen LogP contribution in [0.25, 0.3) is 38.9 Å². The molecule has 3 aromatic heterocycles. The number of benzene rings is 3. The Morgan fingerprint density at radius 1 is 0.853 bits per heavy atom. The molecule has 0 spiro atoms. The van der Waals surface area contributed by atoms with E-state index in [1.54, 1.807) is 33.7 Å². The number of hydrogen-bond donors (Lipinski definition) is 0. The summed E-state index contributed by atoms with van der Waals surface area (Å²) in [6, 6.07) is 20.8. The van der Waals surface area contributed by atoms with Gasteiger partial charge in [-0.25, -0.2) is 15.0 Å².